The third-order valence-corrected chi connectivity index (χ3v) is 3.31. The second kappa shape index (κ2) is 3.63. The molecule has 3 N–H and O–H groups in total. The molecule has 0 amide bonds. The molecule has 0 saturated heterocycles. The summed E-state index contributed by atoms with van der Waals surface area (Å²) in [6.07, 6.45) is 3.39. The molecule has 0 aliphatic heterocycles. The molecule has 1 rings (SSSR count). The first-order valence-electron chi connectivity index (χ1n) is 4.21. The zero-order valence-electron chi connectivity index (χ0n) is 7.66. The van der Waals surface area contributed by atoms with Crippen molar-refractivity contribution in [3.05, 3.63) is 0 Å². The third-order valence-electron chi connectivity index (χ3n) is 1.98. The molecule has 0 bridgehead atoms. The summed E-state index contributed by atoms with van der Waals surface area (Å²) < 4.78 is 23.9. The molecular weight excluding hydrogens is 190 g/mol. The molecule has 1 aliphatic carbocycles. The van der Waals surface area contributed by atoms with Crippen LogP contribution in [0.15, 0.2) is 0 Å². The van der Waals surface area contributed by atoms with Crippen molar-refractivity contribution in [2.75, 3.05) is 12.8 Å². The number of rotatable bonds is 5. The van der Waals surface area contributed by atoms with E-state index >= 15 is 0 Å². The molecule has 1 aliphatic rings. The van der Waals surface area contributed by atoms with Gasteiger partial charge in [0.05, 0.1) is 12.1 Å². The molecule has 6 heteroatoms. The van der Waals surface area contributed by atoms with Gasteiger partial charge in [0.15, 0.2) is 0 Å². The van der Waals surface area contributed by atoms with Crippen molar-refractivity contribution >= 4 is 15.9 Å². The summed E-state index contributed by atoms with van der Waals surface area (Å²) in [4.78, 5) is 0. The quantitative estimate of drug-likeness (QED) is 0.478. The lowest BCUT2D eigenvalue weighted by atomic mass is 10.4. The minimum Gasteiger partial charge on any atom is -0.388 e. The Hall–Kier alpha value is -0.620. The molecule has 13 heavy (non-hydrogen) atoms. The highest BCUT2D eigenvalue weighted by atomic mass is 32.2. The Morgan fingerprint density at radius 3 is 2.46 bits per heavy atom. The maximum atomic E-state index is 11.2. The van der Waals surface area contributed by atoms with Crippen LogP contribution in [0.2, 0.25) is 0 Å². The SMILES string of the molecule is CS(=O)(=O)N(CCC(=N)N)C1CC1. The fourth-order valence-corrected chi connectivity index (χ4v) is 2.39. The predicted octanol–water partition coefficient (Wildman–Crippen LogP) is -0.264. The van der Waals surface area contributed by atoms with E-state index < -0.39 is 10.0 Å². The van der Waals surface area contributed by atoms with Crippen molar-refractivity contribution in [2.45, 2.75) is 25.3 Å². The monoisotopic (exact) mass is 205 g/mol. The van der Waals surface area contributed by atoms with Crippen molar-refractivity contribution < 1.29 is 8.42 Å². The molecule has 1 saturated carbocycles. The molecule has 0 aromatic heterocycles. The van der Waals surface area contributed by atoms with Crippen molar-refractivity contribution in [3.63, 3.8) is 0 Å². The van der Waals surface area contributed by atoms with Gasteiger partial charge < -0.3 is 5.73 Å². The van der Waals surface area contributed by atoms with E-state index in [0.29, 0.717) is 13.0 Å². The topological polar surface area (TPSA) is 87.2 Å². The van der Waals surface area contributed by atoms with E-state index in [1.165, 1.54) is 10.6 Å². The molecule has 1 fully saturated rings. The lowest BCUT2D eigenvalue weighted by Gasteiger charge is -2.18. The van der Waals surface area contributed by atoms with E-state index in [-0.39, 0.29) is 11.9 Å². The van der Waals surface area contributed by atoms with Crippen LogP contribution in [0.1, 0.15) is 19.3 Å². The molecule has 0 aromatic carbocycles. The molecule has 0 unspecified atom stereocenters. The highest BCUT2D eigenvalue weighted by Crippen LogP contribution is 2.28. The fraction of sp³-hybridized carbons (Fsp3) is 0.857. The largest absolute Gasteiger partial charge is 0.388 e. The van der Waals surface area contributed by atoms with Gasteiger partial charge in [-0.05, 0) is 12.8 Å². The van der Waals surface area contributed by atoms with Crippen molar-refractivity contribution in [2.24, 2.45) is 5.73 Å². The third kappa shape index (κ3) is 3.31. The molecule has 0 radical (unpaired) electrons. The van der Waals surface area contributed by atoms with E-state index in [0.717, 1.165) is 12.8 Å². The number of sulfonamides is 1. The smallest absolute Gasteiger partial charge is 0.211 e. The number of hydrogen-bond donors (Lipinski definition) is 2. The zero-order chi connectivity index (χ0) is 10.1. The Morgan fingerprint density at radius 2 is 2.15 bits per heavy atom. The summed E-state index contributed by atoms with van der Waals surface area (Å²) in [5.41, 5.74) is 5.17. The van der Waals surface area contributed by atoms with Crippen LogP contribution in [0.3, 0.4) is 0 Å². The Balaban J connectivity index is 2.53. The van der Waals surface area contributed by atoms with Crippen LogP contribution < -0.4 is 5.73 Å². The van der Waals surface area contributed by atoms with Gasteiger partial charge in [-0.1, -0.05) is 0 Å². The van der Waals surface area contributed by atoms with Gasteiger partial charge >= 0.3 is 0 Å². The molecule has 0 aromatic rings. The van der Waals surface area contributed by atoms with Crippen molar-refractivity contribution in [1.82, 2.24) is 4.31 Å². The first-order valence-corrected chi connectivity index (χ1v) is 6.06. The van der Waals surface area contributed by atoms with Crippen molar-refractivity contribution in [3.8, 4) is 0 Å². The second-order valence-electron chi connectivity index (χ2n) is 3.38. The van der Waals surface area contributed by atoms with Crippen LogP contribution in [0, 0.1) is 5.41 Å². The van der Waals surface area contributed by atoms with Crippen LogP contribution in [0.5, 0.6) is 0 Å². The molecule has 5 nitrogen and oxygen atoms in total. The summed E-state index contributed by atoms with van der Waals surface area (Å²) in [5, 5.41) is 7.01. The number of hydrogen-bond acceptors (Lipinski definition) is 3. The fourth-order valence-electron chi connectivity index (χ4n) is 1.21. The lowest BCUT2D eigenvalue weighted by Crippen LogP contribution is -2.34. The Labute approximate surface area is 78.5 Å². The number of nitrogens with one attached hydrogen (secondary N) is 1. The first-order chi connectivity index (χ1) is 5.91. The van der Waals surface area contributed by atoms with Gasteiger partial charge in [0.2, 0.25) is 10.0 Å². The zero-order valence-corrected chi connectivity index (χ0v) is 8.47. The van der Waals surface area contributed by atoms with E-state index in [4.69, 9.17) is 11.1 Å². The Bertz CT molecular complexity index is 295. The summed E-state index contributed by atoms with van der Waals surface area (Å²) in [6.45, 7) is 0.346. The van der Waals surface area contributed by atoms with Crippen LogP contribution in [-0.2, 0) is 10.0 Å². The first kappa shape index (κ1) is 10.5. The highest BCUT2D eigenvalue weighted by molar-refractivity contribution is 7.88. The number of nitrogens with zero attached hydrogens (tertiary/aromatic N) is 1. The number of nitrogens with two attached hydrogens (primary N) is 1. The normalized spacial score (nSPS) is 17.7. The van der Waals surface area contributed by atoms with Crippen LogP contribution >= 0.6 is 0 Å². The van der Waals surface area contributed by atoms with E-state index in [9.17, 15) is 8.42 Å². The van der Waals surface area contributed by atoms with E-state index in [2.05, 4.69) is 0 Å². The van der Waals surface area contributed by atoms with Gasteiger partial charge in [-0.2, -0.15) is 4.31 Å². The van der Waals surface area contributed by atoms with Crippen LogP contribution in [-0.4, -0.2) is 37.4 Å². The van der Waals surface area contributed by atoms with Gasteiger partial charge in [-0.3, -0.25) is 5.41 Å². The molecule has 0 heterocycles. The van der Waals surface area contributed by atoms with Crippen LogP contribution in [0.25, 0.3) is 0 Å². The molecule has 0 atom stereocenters. The average Bonchev–Trinajstić information content (AvgIpc) is 2.67. The minimum atomic E-state index is -3.12. The predicted molar refractivity (Wildman–Crippen MR) is 51.1 cm³/mol. The summed E-state index contributed by atoms with van der Waals surface area (Å²) >= 11 is 0. The van der Waals surface area contributed by atoms with Crippen LogP contribution in [0.4, 0.5) is 0 Å². The summed E-state index contributed by atoms with van der Waals surface area (Å²) in [5.74, 6) is 0.0364. The van der Waals surface area contributed by atoms with Gasteiger partial charge in [-0.25, -0.2) is 8.42 Å². The average molecular weight is 205 g/mol. The maximum Gasteiger partial charge on any atom is 0.211 e. The highest BCUT2D eigenvalue weighted by Gasteiger charge is 2.34. The van der Waals surface area contributed by atoms with E-state index in [1.54, 1.807) is 0 Å². The van der Waals surface area contributed by atoms with Gasteiger partial charge in [0.1, 0.15) is 0 Å². The minimum absolute atomic E-state index is 0.0364. The van der Waals surface area contributed by atoms with Gasteiger partial charge in [0, 0.05) is 19.0 Å². The maximum absolute atomic E-state index is 11.2. The standard InChI is InChI=1S/C7H15N3O2S/c1-13(11,12)10(6-2-3-6)5-4-7(8)9/h6H,2-5H2,1H3,(H3,8,9). The summed E-state index contributed by atoms with van der Waals surface area (Å²) in [7, 11) is -3.12. The second-order valence-corrected chi connectivity index (χ2v) is 5.32. The Morgan fingerprint density at radius 1 is 1.62 bits per heavy atom. The van der Waals surface area contributed by atoms with E-state index in [1.807, 2.05) is 0 Å². The molecule has 76 valence electrons. The molecular formula is C7H15N3O2S. The van der Waals surface area contributed by atoms with Gasteiger partial charge in [0.25, 0.3) is 0 Å². The van der Waals surface area contributed by atoms with Crippen molar-refractivity contribution in [1.29, 1.82) is 5.41 Å². The molecule has 0 spiro atoms. The number of amidine groups is 1. The Kier molecular flexibility index (Phi) is 2.92. The van der Waals surface area contributed by atoms with Gasteiger partial charge in [-0.15, -0.1) is 0 Å². The summed E-state index contributed by atoms with van der Waals surface area (Å²) in [6, 6.07) is 0.161. The lowest BCUT2D eigenvalue weighted by molar-refractivity contribution is 0.416.